The van der Waals surface area contributed by atoms with Crippen LogP contribution in [0.5, 0.6) is 0 Å². The van der Waals surface area contributed by atoms with Gasteiger partial charge in [-0.05, 0) is 25.0 Å². The predicted molar refractivity (Wildman–Crippen MR) is 135 cm³/mol. The lowest BCUT2D eigenvalue weighted by Crippen LogP contribution is -2.34. The molecule has 1 aromatic carbocycles. The lowest BCUT2D eigenvalue weighted by Gasteiger charge is -2.19. The Morgan fingerprint density at radius 1 is 1.11 bits per heavy atom. The monoisotopic (exact) mass is 498 g/mol. The number of carbonyl (C=O) groups is 2. The molecule has 1 unspecified atom stereocenters. The smallest absolute Gasteiger partial charge is 0.280 e. The van der Waals surface area contributed by atoms with Crippen molar-refractivity contribution in [3.8, 4) is 11.3 Å². The molecular formula is C27H26N6O4. The van der Waals surface area contributed by atoms with Crippen molar-refractivity contribution in [1.82, 2.24) is 29.4 Å². The molecule has 1 atom stereocenters. The fourth-order valence-corrected chi connectivity index (χ4v) is 5.00. The largest absolute Gasteiger partial charge is 0.376 e. The van der Waals surface area contributed by atoms with Gasteiger partial charge in [0, 0.05) is 31.0 Å². The van der Waals surface area contributed by atoms with Crippen LogP contribution in [0.4, 0.5) is 0 Å². The van der Waals surface area contributed by atoms with E-state index in [0.717, 1.165) is 24.1 Å². The van der Waals surface area contributed by atoms with Crippen molar-refractivity contribution in [3.05, 3.63) is 88.1 Å². The van der Waals surface area contributed by atoms with E-state index in [0.29, 0.717) is 30.1 Å². The number of pyridine rings is 1. The van der Waals surface area contributed by atoms with Crippen molar-refractivity contribution in [2.75, 3.05) is 13.2 Å². The summed E-state index contributed by atoms with van der Waals surface area (Å²) in [6.45, 7) is 1.37. The van der Waals surface area contributed by atoms with Gasteiger partial charge in [-0.2, -0.15) is 9.61 Å². The number of hydrogen-bond acceptors (Lipinski definition) is 6. The molecule has 188 valence electrons. The Bertz CT molecular complexity index is 1520. The summed E-state index contributed by atoms with van der Waals surface area (Å²) in [7, 11) is 0. The van der Waals surface area contributed by atoms with Crippen LogP contribution in [0.3, 0.4) is 0 Å². The molecule has 1 saturated heterocycles. The molecular weight excluding hydrogens is 472 g/mol. The van der Waals surface area contributed by atoms with Crippen LogP contribution in [0.2, 0.25) is 0 Å². The molecule has 4 aromatic rings. The van der Waals surface area contributed by atoms with Gasteiger partial charge in [-0.25, -0.2) is 0 Å². The Morgan fingerprint density at radius 2 is 1.95 bits per heavy atom. The van der Waals surface area contributed by atoms with Gasteiger partial charge in [0.1, 0.15) is 17.9 Å². The van der Waals surface area contributed by atoms with Gasteiger partial charge < -0.3 is 19.5 Å². The van der Waals surface area contributed by atoms with Crippen molar-refractivity contribution in [2.45, 2.75) is 38.6 Å². The topological polar surface area (TPSA) is 111 Å². The highest BCUT2D eigenvalue weighted by molar-refractivity contribution is 5.98. The minimum absolute atomic E-state index is 0.0442. The highest BCUT2D eigenvalue weighted by Crippen LogP contribution is 2.26. The molecule has 10 heteroatoms. The van der Waals surface area contributed by atoms with Gasteiger partial charge >= 0.3 is 0 Å². The summed E-state index contributed by atoms with van der Waals surface area (Å²) >= 11 is 0. The van der Waals surface area contributed by atoms with E-state index in [9.17, 15) is 14.4 Å². The van der Waals surface area contributed by atoms with Crippen LogP contribution < -0.4 is 10.9 Å². The first-order valence-corrected chi connectivity index (χ1v) is 12.4. The first kappa shape index (κ1) is 23.1. The second kappa shape index (κ2) is 9.62. The Hall–Kier alpha value is -4.31. The SMILES string of the molecule is O=C(Cn1c2c(c(=O)n3nc(-c4ccccc4)cc13)CN(CC1CCCO1)C2=O)NCc1ccccn1. The molecule has 3 aromatic heterocycles. The second-order valence-electron chi connectivity index (χ2n) is 9.30. The molecule has 2 aliphatic rings. The maximum absolute atomic E-state index is 13.6. The third-order valence-electron chi connectivity index (χ3n) is 6.82. The van der Waals surface area contributed by atoms with Crippen molar-refractivity contribution in [3.63, 3.8) is 0 Å². The van der Waals surface area contributed by atoms with Crippen molar-refractivity contribution < 1.29 is 14.3 Å². The Labute approximate surface area is 212 Å². The minimum Gasteiger partial charge on any atom is -0.376 e. The molecule has 37 heavy (non-hydrogen) atoms. The molecule has 5 heterocycles. The van der Waals surface area contributed by atoms with Gasteiger partial charge in [0.05, 0.1) is 36.1 Å². The highest BCUT2D eigenvalue weighted by atomic mass is 16.5. The molecule has 1 N–H and O–H groups in total. The molecule has 2 aliphatic heterocycles. The molecule has 0 bridgehead atoms. The van der Waals surface area contributed by atoms with Gasteiger partial charge in [0.25, 0.3) is 11.5 Å². The number of fused-ring (bicyclic) bond motifs is 2. The van der Waals surface area contributed by atoms with Crippen molar-refractivity contribution >= 4 is 17.5 Å². The van der Waals surface area contributed by atoms with Gasteiger partial charge in [-0.15, -0.1) is 0 Å². The average molecular weight is 499 g/mol. The summed E-state index contributed by atoms with van der Waals surface area (Å²) in [5, 5.41) is 7.43. The lowest BCUT2D eigenvalue weighted by atomic mass is 10.1. The number of nitrogens with zero attached hydrogens (tertiary/aromatic N) is 5. The van der Waals surface area contributed by atoms with Crippen LogP contribution in [0.1, 0.15) is 34.6 Å². The fourth-order valence-electron chi connectivity index (χ4n) is 5.00. The maximum atomic E-state index is 13.6. The maximum Gasteiger partial charge on any atom is 0.280 e. The minimum atomic E-state index is -0.347. The van der Waals surface area contributed by atoms with Crippen LogP contribution in [-0.4, -0.2) is 55.1 Å². The van der Waals surface area contributed by atoms with Crippen LogP contribution >= 0.6 is 0 Å². The predicted octanol–water partition coefficient (Wildman–Crippen LogP) is 2.01. The Balaban J connectivity index is 1.38. The van der Waals surface area contributed by atoms with E-state index in [1.54, 1.807) is 21.7 Å². The zero-order chi connectivity index (χ0) is 25.4. The van der Waals surface area contributed by atoms with E-state index >= 15 is 0 Å². The molecule has 1 fully saturated rings. The first-order valence-electron chi connectivity index (χ1n) is 12.4. The molecule has 0 radical (unpaired) electrons. The summed E-state index contributed by atoms with van der Waals surface area (Å²) < 4.78 is 8.64. The number of rotatable bonds is 7. The molecule has 2 amide bonds. The summed E-state index contributed by atoms with van der Waals surface area (Å²) in [5.41, 5.74) is 2.78. The quantitative estimate of drug-likeness (QED) is 0.417. The van der Waals surface area contributed by atoms with Gasteiger partial charge in [-0.3, -0.25) is 19.4 Å². The van der Waals surface area contributed by atoms with Crippen molar-refractivity contribution in [2.24, 2.45) is 0 Å². The molecule has 0 aliphatic carbocycles. The van der Waals surface area contributed by atoms with E-state index < -0.39 is 0 Å². The van der Waals surface area contributed by atoms with E-state index in [2.05, 4.69) is 15.4 Å². The fraction of sp³-hybridized carbons (Fsp3) is 0.296. The zero-order valence-electron chi connectivity index (χ0n) is 20.2. The zero-order valence-corrected chi connectivity index (χ0v) is 20.2. The highest BCUT2D eigenvalue weighted by Gasteiger charge is 2.36. The molecule has 0 spiro atoms. The van der Waals surface area contributed by atoms with Crippen LogP contribution in [0, 0.1) is 0 Å². The molecule has 6 rings (SSSR count). The summed E-state index contributed by atoms with van der Waals surface area (Å²) in [6.07, 6.45) is 3.46. The van der Waals surface area contributed by atoms with Crippen molar-refractivity contribution in [1.29, 1.82) is 0 Å². The van der Waals surface area contributed by atoms with Gasteiger partial charge in [0.15, 0.2) is 0 Å². The first-order chi connectivity index (χ1) is 18.1. The summed E-state index contributed by atoms with van der Waals surface area (Å²) in [5.74, 6) is -0.573. The number of benzene rings is 1. The third kappa shape index (κ3) is 4.40. The standard InChI is InChI=1S/C27H26N6O4/c34-23(29-14-19-9-4-5-11-28-19)17-32-24-13-22(18-7-2-1-3-8-18)30-33(24)26(35)21-16-31(27(36)25(21)32)15-20-10-6-12-37-20/h1-5,7-9,11,13,20H,6,10,12,14-17H2,(H,29,34). The molecule has 10 nitrogen and oxygen atoms in total. The number of nitrogens with one attached hydrogen (secondary N) is 1. The van der Waals surface area contributed by atoms with E-state index in [1.807, 2.05) is 48.5 Å². The van der Waals surface area contributed by atoms with Gasteiger partial charge in [-0.1, -0.05) is 36.4 Å². The number of aromatic nitrogens is 4. The lowest BCUT2D eigenvalue weighted by molar-refractivity contribution is -0.121. The number of carbonyl (C=O) groups excluding carboxylic acids is 2. The number of amides is 2. The van der Waals surface area contributed by atoms with E-state index in [1.165, 1.54) is 4.52 Å². The molecule has 0 saturated carbocycles. The number of ether oxygens (including phenoxy) is 1. The normalized spacial score (nSPS) is 16.9. The number of hydrogen-bond donors (Lipinski definition) is 1. The summed E-state index contributed by atoms with van der Waals surface area (Å²) in [6, 6.07) is 16.7. The van der Waals surface area contributed by atoms with Gasteiger partial charge in [0.2, 0.25) is 5.91 Å². The average Bonchev–Trinajstić information content (AvgIpc) is 3.67. The van der Waals surface area contributed by atoms with E-state index in [4.69, 9.17) is 4.74 Å². The van der Waals surface area contributed by atoms with Crippen LogP contribution in [-0.2, 0) is 29.2 Å². The summed E-state index contributed by atoms with van der Waals surface area (Å²) in [4.78, 5) is 46.0. The van der Waals surface area contributed by atoms with Crippen LogP contribution in [0.15, 0.2) is 65.6 Å². The second-order valence-corrected chi connectivity index (χ2v) is 9.30. The Kier molecular flexibility index (Phi) is 6.01. The Morgan fingerprint density at radius 3 is 2.70 bits per heavy atom. The third-order valence-corrected chi connectivity index (χ3v) is 6.82. The van der Waals surface area contributed by atoms with Crippen LogP contribution in [0.25, 0.3) is 16.9 Å². The van der Waals surface area contributed by atoms with E-state index in [-0.39, 0.29) is 48.8 Å².